The third-order valence-electron chi connectivity index (χ3n) is 3.44. The van der Waals surface area contributed by atoms with Gasteiger partial charge in [-0.2, -0.15) is 0 Å². The Hall–Kier alpha value is -2.40. The predicted molar refractivity (Wildman–Crippen MR) is 99.3 cm³/mol. The minimum Gasteiger partial charge on any atom is -0.495 e. The van der Waals surface area contributed by atoms with Crippen LogP contribution in [0.25, 0.3) is 0 Å². The van der Waals surface area contributed by atoms with Crippen LogP contribution in [-0.2, 0) is 4.79 Å². The fraction of sp³-hybridized carbons (Fsp3) is 0.278. The van der Waals surface area contributed by atoms with Crippen LogP contribution in [0.4, 0.5) is 11.4 Å². The molecule has 0 bridgehead atoms. The number of methoxy groups -OCH3 is 1. The number of halogens is 1. The molecule has 2 aromatic rings. The van der Waals surface area contributed by atoms with E-state index in [-0.39, 0.29) is 24.7 Å². The number of nitrogens with one attached hydrogen (secondary N) is 1. The Morgan fingerprint density at radius 2 is 1.88 bits per heavy atom. The van der Waals surface area contributed by atoms with E-state index in [0.717, 1.165) is 16.9 Å². The first-order valence-corrected chi connectivity index (χ1v) is 7.43. The number of nitrogens with two attached hydrogens (primary N) is 1. The molecule has 0 heterocycles. The fourth-order valence-corrected chi connectivity index (χ4v) is 2.15. The van der Waals surface area contributed by atoms with Crippen LogP contribution in [0.15, 0.2) is 36.4 Å². The molecule has 0 radical (unpaired) electrons. The summed E-state index contributed by atoms with van der Waals surface area (Å²) in [6, 6.07) is 11.1. The van der Waals surface area contributed by atoms with Gasteiger partial charge in [0.05, 0.1) is 25.8 Å². The molecule has 2 aromatic carbocycles. The van der Waals surface area contributed by atoms with Gasteiger partial charge in [0.1, 0.15) is 11.5 Å². The van der Waals surface area contributed by atoms with Gasteiger partial charge in [0.15, 0.2) is 0 Å². The monoisotopic (exact) mass is 350 g/mol. The van der Waals surface area contributed by atoms with E-state index in [1.54, 1.807) is 25.3 Å². The molecule has 130 valence electrons. The second-order valence-corrected chi connectivity index (χ2v) is 5.37. The Morgan fingerprint density at radius 1 is 1.12 bits per heavy atom. The zero-order valence-electron chi connectivity index (χ0n) is 14.1. The standard InChI is InChI=1S/C18H22N2O3.ClH/c1-12-4-5-13(2)17(10-12)23-9-8-18(21)20-14-6-7-16(22-3)15(19)11-14;/h4-7,10-11H,8-9,19H2,1-3H3,(H,20,21);1H. The molecule has 0 unspecified atom stereocenters. The summed E-state index contributed by atoms with van der Waals surface area (Å²) in [4.78, 5) is 12.0. The summed E-state index contributed by atoms with van der Waals surface area (Å²) in [5.74, 6) is 1.27. The van der Waals surface area contributed by atoms with Crippen molar-refractivity contribution in [3.63, 3.8) is 0 Å². The quantitative estimate of drug-likeness (QED) is 0.778. The summed E-state index contributed by atoms with van der Waals surface area (Å²) in [7, 11) is 1.55. The van der Waals surface area contributed by atoms with Crippen molar-refractivity contribution >= 4 is 29.7 Å². The summed E-state index contributed by atoms with van der Waals surface area (Å²) >= 11 is 0. The Kier molecular flexibility index (Phi) is 7.39. The van der Waals surface area contributed by atoms with Crippen molar-refractivity contribution < 1.29 is 14.3 Å². The molecule has 24 heavy (non-hydrogen) atoms. The molecule has 0 fully saturated rings. The van der Waals surface area contributed by atoms with E-state index in [0.29, 0.717) is 23.7 Å². The summed E-state index contributed by atoms with van der Waals surface area (Å²) in [6.07, 6.45) is 0.263. The minimum atomic E-state index is -0.125. The first-order valence-electron chi connectivity index (χ1n) is 7.43. The number of ether oxygens (including phenoxy) is 2. The zero-order valence-corrected chi connectivity index (χ0v) is 14.9. The first kappa shape index (κ1) is 19.6. The smallest absolute Gasteiger partial charge is 0.227 e. The Morgan fingerprint density at radius 3 is 2.54 bits per heavy atom. The molecule has 0 aliphatic heterocycles. The molecule has 0 saturated heterocycles. The largest absolute Gasteiger partial charge is 0.495 e. The summed E-state index contributed by atoms with van der Waals surface area (Å²) < 4.78 is 10.8. The van der Waals surface area contributed by atoms with Crippen LogP contribution in [0.3, 0.4) is 0 Å². The van der Waals surface area contributed by atoms with Crippen molar-refractivity contribution in [1.82, 2.24) is 0 Å². The molecule has 0 spiro atoms. The van der Waals surface area contributed by atoms with Crippen molar-refractivity contribution in [2.75, 3.05) is 24.8 Å². The van der Waals surface area contributed by atoms with E-state index < -0.39 is 0 Å². The minimum absolute atomic E-state index is 0. The van der Waals surface area contributed by atoms with Gasteiger partial charge in [0.25, 0.3) is 0 Å². The second kappa shape index (κ2) is 9.03. The Balaban J connectivity index is 0.00000288. The van der Waals surface area contributed by atoms with E-state index >= 15 is 0 Å². The maximum atomic E-state index is 12.0. The van der Waals surface area contributed by atoms with Crippen molar-refractivity contribution in [3.8, 4) is 11.5 Å². The number of carbonyl (C=O) groups is 1. The van der Waals surface area contributed by atoms with Gasteiger partial charge in [0, 0.05) is 5.69 Å². The summed E-state index contributed by atoms with van der Waals surface area (Å²) in [5, 5.41) is 2.79. The van der Waals surface area contributed by atoms with Crippen LogP contribution >= 0.6 is 12.4 Å². The number of benzene rings is 2. The number of anilines is 2. The lowest BCUT2D eigenvalue weighted by Gasteiger charge is -2.11. The molecule has 0 atom stereocenters. The molecule has 5 nitrogen and oxygen atoms in total. The van der Waals surface area contributed by atoms with Crippen LogP contribution in [0.5, 0.6) is 11.5 Å². The average molecular weight is 351 g/mol. The molecule has 2 rings (SSSR count). The molecule has 0 aliphatic rings. The predicted octanol–water partition coefficient (Wildman–Crippen LogP) is 3.72. The van der Waals surface area contributed by atoms with Crippen LogP contribution in [0.2, 0.25) is 0 Å². The molecule has 1 amide bonds. The van der Waals surface area contributed by atoms with Crippen molar-refractivity contribution in [3.05, 3.63) is 47.5 Å². The number of amides is 1. The third kappa shape index (κ3) is 5.35. The van der Waals surface area contributed by atoms with Crippen molar-refractivity contribution in [2.45, 2.75) is 20.3 Å². The highest BCUT2D eigenvalue weighted by Gasteiger charge is 2.06. The maximum absolute atomic E-state index is 12.0. The number of nitrogen functional groups attached to an aromatic ring is 1. The van der Waals surface area contributed by atoms with Crippen LogP contribution in [-0.4, -0.2) is 19.6 Å². The highest BCUT2D eigenvalue weighted by molar-refractivity contribution is 5.91. The number of hydrogen-bond donors (Lipinski definition) is 2. The molecular formula is C18H23ClN2O3. The van der Waals surface area contributed by atoms with Gasteiger partial charge in [-0.3, -0.25) is 4.79 Å². The SMILES string of the molecule is COc1ccc(NC(=O)CCOc2cc(C)ccc2C)cc1N.Cl. The van der Waals surface area contributed by atoms with E-state index in [1.807, 2.05) is 32.0 Å². The van der Waals surface area contributed by atoms with E-state index in [2.05, 4.69) is 5.32 Å². The lowest BCUT2D eigenvalue weighted by Crippen LogP contribution is -2.15. The normalized spacial score (nSPS) is 9.79. The van der Waals surface area contributed by atoms with Crippen LogP contribution in [0, 0.1) is 13.8 Å². The van der Waals surface area contributed by atoms with Crippen molar-refractivity contribution in [2.24, 2.45) is 0 Å². The molecule has 0 aromatic heterocycles. The lowest BCUT2D eigenvalue weighted by molar-refractivity contribution is -0.116. The third-order valence-corrected chi connectivity index (χ3v) is 3.44. The number of hydrogen-bond acceptors (Lipinski definition) is 4. The highest BCUT2D eigenvalue weighted by Crippen LogP contribution is 2.24. The number of rotatable bonds is 6. The lowest BCUT2D eigenvalue weighted by atomic mass is 10.1. The van der Waals surface area contributed by atoms with Crippen LogP contribution in [0.1, 0.15) is 17.5 Å². The van der Waals surface area contributed by atoms with Gasteiger partial charge in [-0.25, -0.2) is 0 Å². The second-order valence-electron chi connectivity index (χ2n) is 5.37. The van der Waals surface area contributed by atoms with Gasteiger partial charge in [-0.05, 0) is 49.2 Å². The van der Waals surface area contributed by atoms with E-state index in [9.17, 15) is 4.79 Å². The van der Waals surface area contributed by atoms with Crippen molar-refractivity contribution in [1.29, 1.82) is 0 Å². The maximum Gasteiger partial charge on any atom is 0.227 e. The van der Waals surface area contributed by atoms with Gasteiger partial charge in [0.2, 0.25) is 5.91 Å². The molecule has 0 aliphatic carbocycles. The summed E-state index contributed by atoms with van der Waals surface area (Å²) in [6.45, 7) is 4.31. The highest BCUT2D eigenvalue weighted by atomic mass is 35.5. The first-order chi connectivity index (χ1) is 11.0. The zero-order chi connectivity index (χ0) is 16.8. The Bertz CT molecular complexity index is 705. The van der Waals surface area contributed by atoms with Crippen LogP contribution < -0.4 is 20.5 Å². The fourth-order valence-electron chi connectivity index (χ4n) is 2.15. The topological polar surface area (TPSA) is 73.6 Å². The average Bonchev–Trinajstić information content (AvgIpc) is 2.51. The van der Waals surface area contributed by atoms with Gasteiger partial charge in [-0.1, -0.05) is 12.1 Å². The van der Waals surface area contributed by atoms with Gasteiger partial charge in [-0.15, -0.1) is 12.4 Å². The van der Waals surface area contributed by atoms with E-state index in [1.165, 1.54) is 0 Å². The Labute approximate surface area is 148 Å². The van der Waals surface area contributed by atoms with Gasteiger partial charge >= 0.3 is 0 Å². The van der Waals surface area contributed by atoms with E-state index in [4.69, 9.17) is 15.2 Å². The number of aryl methyl sites for hydroxylation is 2. The summed E-state index contributed by atoms with van der Waals surface area (Å²) in [5.41, 5.74) is 9.12. The van der Waals surface area contributed by atoms with Gasteiger partial charge < -0.3 is 20.5 Å². The molecule has 0 saturated carbocycles. The molecule has 6 heteroatoms. The molecule has 3 N–H and O–H groups in total. The molecular weight excluding hydrogens is 328 g/mol. The number of carbonyl (C=O) groups excluding carboxylic acids is 1.